The third-order valence-corrected chi connectivity index (χ3v) is 5.04. The minimum absolute atomic E-state index is 0.180. The van der Waals surface area contributed by atoms with Gasteiger partial charge in [0.2, 0.25) is 0 Å². The van der Waals surface area contributed by atoms with E-state index in [2.05, 4.69) is 70.4 Å². The Morgan fingerprint density at radius 1 is 1.24 bits per heavy atom. The second-order valence-electron chi connectivity index (χ2n) is 5.76. The number of nitrogens with zero attached hydrogens (tertiary/aromatic N) is 1. The third kappa shape index (κ3) is 4.56. The first-order chi connectivity index (χ1) is 9.97. The number of anilines is 1. The van der Waals surface area contributed by atoms with Gasteiger partial charge in [0.15, 0.2) is 0 Å². The number of thiophene rings is 1. The Hall–Kier alpha value is -0.840. The molecule has 0 aliphatic rings. The summed E-state index contributed by atoms with van der Waals surface area (Å²) >= 11 is 5.50. The average molecular weight is 367 g/mol. The van der Waals surface area contributed by atoms with Crippen LogP contribution in [0.1, 0.15) is 31.2 Å². The topological polar surface area (TPSA) is 29.3 Å². The molecule has 21 heavy (non-hydrogen) atoms. The lowest BCUT2D eigenvalue weighted by Gasteiger charge is -2.29. The molecule has 0 bridgehead atoms. The minimum Gasteiger partial charge on any atom is -0.364 e. The van der Waals surface area contributed by atoms with Crippen LogP contribution in [0.5, 0.6) is 0 Å². The van der Waals surface area contributed by atoms with Gasteiger partial charge in [-0.25, -0.2) is 0 Å². The first-order valence-corrected chi connectivity index (χ1v) is 8.97. The second kappa shape index (κ2) is 7.43. The van der Waals surface area contributed by atoms with E-state index in [1.165, 1.54) is 16.1 Å². The normalized spacial score (nSPS) is 12.7. The highest BCUT2D eigenvalue weighted by atomic mass is 79.9. The Bertz CT molecular complexity index is 564. The predicted molar refractivity (Wildman–Crippen MR) is 97.1 cm³/mol. The lowest BCUT2D eigenvalue weighted by Crippen LogP contribution is -2.29. The molecule has 0 saturated heterocycles. The highest BCUT2D eigenvalue weighted by Crippen LogP contribution is 2.28. The van der Waals surface area contributed by atoms with E-state index in [1.807, 2.05) is 18.3 Å². The van der Waals surface area contributed by atoms with Crippen LogP contribution in [0, 0.1) is 0 Å². The van der Waals surface area contributed by atoms with Crippen LogP contribution in [-0.4, -0.2) is 12.1 Å². The molecule has 2 rings (SSSR count). The molecule has 4 heteroatoms. The maximum Gasteiger partial charge on any atom is 0.0525 e. The Kier molecular flexibility index (Phi) is 5.85. The quantitative estimate of drug-likeness (QED) is 0.794. The molecule has 0 amide bonds. The zero-order chi connectivity index (χ0) is 15.4. The summed E-state index contributed by atoms with van der Waals surface area (Å²) in [5, 5.41) is 2.13. The summed E-state index contributed by atoms with van der Waals surface area (Å²) in [7, 11) is 0. The monoisotopic (exact) mass is 366 g/mol. The molecule has 0 radical (unpaired) electrons. The van der Waals surface area contributed by atoms with E-state index in [0.717, 1.165) is 17.4 Å². The summed E-state index contributed by atoms with van der Waals surface area (Å²) < 4.78 is 1.15. The fraction of sp³-hybridized carbons (Fsp3) is 0.412. The van der Waals surface area contributed by atoms with Crippen molar-refractivity contribution in [3.8, 4) is 0 Å². The van der Waals surface area contributed by atoms with Crippen LogP contribution in [-0.2, 0) is 13.0 Å². The van der Waals surface area contributed by atoms with Crippen LogP contribution >= 0.6 is 27.3 Å². The summed E-state index contributed by atoms with van der Waals surface area (Å²) in [5.74, 6) is 0. The number of hydrogen-bond donors (Lipinski definition) is 1. The molecule has 2 aromatic rings. The van der Waals surface area contributed by atoms with Gasteiger partial charge in [-0.3, -0.25) is 0 Å². The van der Waals surface area contributed by atoms with Crippen molar-refractivity contribution in [2.75, 3.05) is 4.90 Å². The molecule has 1 aromatic heterocycles. The molecule has 0 aliphatic heterocycles. The lowest BCUT2D eigenvalue weighted by atomic mass is 10.1. The maximum absolute atomic E-state index is 5.90. The summed E-state index contributed by atoms with van der Waals surface area (Å²) in [6.07, 6.45) is 0.896. The van der Waals surface area contributed by atoms with Crippen molar-refractivity contribution in [2.24, 2.45) is 5.73 Å². The highest BCUT2D eigenvalue weighted by molar-refractivity contribution is 9.10. The van der Waals surface area contributed by atoms with Crippen molar-refractivity contribution in [3.63, 3.8) is 0 Å². The summed E-state index contributed by atoms with van der Waals surface area (Å²) in [6.45, 7) is 7.46. The molecule has 0 saturated carbocycles. The summed E-state index contributed by atoms with van der Waals surface area (Å²) in [5.41, 5.74) is 8.42. The molecule has 1 atom stereocenters. The van der Waals surface area contributed by atoms with Crippen molar-refractivity contribution in [1.82, 2.24) is 0 Å². The zero-order valence-corrected chi connectivity index (χ0v) is 15.2. The lowest BCUT2D eigenvalue weighted by molar-refractivity contribution is 0.686. The van der Waals surface area contributed by atoms with Gasteiger partial charge in [0.1, 0.15) is 0 Å². The van der Waals surface area contributed by atoms with E-state index in [4.69, 9.17) is 5.73 Å². The largest absolute Gasteiger partial charge is 0.364 e. The van der Waals surface area contributed by atoms with Gasteiger partial charge in [-0.15, -0.1) is 11.3 Å². The summed E-state index contributed by atoms with van der Waals surface area (Å²) in [4.78, 5) is 3.81. The van der Waals surface area contributed by atoms with Crippen LogP contribution in [0.3, 0.4) is 0 Å². The standard InChI is InChI=1S/C17H23BrN2S/c1-12(2)20(11-16-5-4-8-21-16)15-7-6-14(9-13(3)19)17(18)10-15/h4-8,10,12-13H,9,11,19H2,1-3H3. The van der Waals surface area contributed by atoms with Crippen molar-refractivity contribution in [3.05, 3.63) is 50.6 Å². The van der Waals surface area contributed by atoms with Gasteiger partial charge in [0.05, 0.1) is 6.54 Å². The van der Waals surface area contributed by atoms with Gasteiger partial charge in [-0.1, -0.05) is 28.1 Å². The third-order valence-electron chi connectivity index (χ3n) is 3.44. The van der Waals surface area contributed by atoms with Gasteiger partial charge in [0, 0.05) is 27.1 Å². The zero-order valence-electron chi connectivity index (χ0n) is 12.8. The van der Waals surface area contributed by atoms with E-state index in [-0.39, 0.29) is 6.04 Å². The Morgan fingerprint density at radius 2 is 2.00 bits per heavy atom. The molecule has 1 unspecified atom stereocenters. The van der Waals surface area contributed by atoms with Crippen LogP contribution in [0.2, 0.25) is 0 Å². The molecule has 2 N–H and O–H groups in total. The highest BCUT2D eigenvalue weighted by Gasteiger charge is 2.13. The van der Waals surface area contributed by atoms with Gasteiger partial charge in [-0.05, 0) is 56.3 Å². The van der Waals surface area contributed by atoms with Crippen molar-refractivity contribution in [1.29, 1.82) is 0 Å². The van der Waals surface area contributed by atoms with E-state index < -0.39 is 0 Å². The van der Waals surface area contributed by atoms with Gasteiger partial charge in [-0.2, -0.15) is 0 Å². The molecule has 0 aliphatic carbocycles. The van der Waals surface area contributed by atoms with Gasteiger partial charge >= 0.3 is 0 Å². The Morgan fingerprint density at radius 3 is 2.52 bits per heavy atom. The van der Waals surface area contributed by atoms with Crippen molar-refractivity contribution < 1.29 is 0 Å². The fourth-order valence-electron chi connectivity index (χ4n) is 2.37. The predicted octanol–water partition coefficient (Wildman–Crippen LogP) is 4.82. The molecule has 0 fully saturated rings. The molecular formula is C17H23BrN2S. The van der Waals surface area contributed by atoms with Gasteiger partial charge in [0.25, 0.3) is 0 Å². The van der Waals surface area contributed by atoms with Crippen LogP contribution < -0.4 is 10.6 Å². The maximum atomic E-state index is 5.90. The Balaban J connectivity index is 2.22. The van der Waals surface area contributed by atoms with Crippen LogP contribution in [0.4, 0.5) is 5.69 Å². The van der Waals surface area contributed by atoms with E-state index in [1.54, 1.807) is 0 Å². The number of halogens is 1. The molecular weight excluding hydrogens is 344 g/mol. The molecule has 1 heterocycles. The Labute approximate surface area is 140 Å². The molecule has 1 aromatic carbocycles. The number of rotatable bonds is 6. The number of hydrogen-bond acceptors (Lipinski definition) is 3. The molecule has 2 nitrogen and oxygen atoms in total. The number of benzene rings is 1. The van der Waals surface area contributed by atoms with Crippen LogP contribution in [0.25, 0.3) is 0 Å². The van der Waals surface area contributed by atoms with E-state index in [9.17, 15) is 0 Å². The second-order valence-corrected chi connectivity index (χ2v) is 7.64. The van der Waals surface area contributed by atoms with E-state index in [0.29, 0.717) is 6.04 Å². The summed E-state index contributed by atoms with van der Waals surface area (Å²) in [6, 6.07) is 11.5. The van der Waals surface area contributed by atoms with Crippen LogP contribution in [0.15, 0.2) is 40.2 Å². The fourth-order valence-corrected chi connectivity index (χ4v) is 3.60. The minimum atomic E-state index is 0.180. The molecule has 0 spiro atoms. The van der Waals surface area contributed by atoms with E-state index >= 15 is 0 Å². The SMILES string of the molecule is CC(N)Cc1ccc(N(Cc2cccs2)C(C)C)cc1Br. The van der Waals surface area contributed by atoms with Crippen molar-refractivity contribution >= 4 is 33.0 Å². The van der Waals surface area contributed by atoms with Gasteiger partial charge < -0.3 is 10.6 Å². The molecule has 114 valence electrons. The van der Waals surface area contributed by atoms with Crippen molar-refractivity contribution in [2.45, 2.75) is 45.8 Å². The first-order valence-electron chi connectivity index (χ1n) is 7.30. The smallest absolute Gasteiger partial charge is 0.0525 e. The number of nitrogens with two attached hydrogens (primary N) is 1. The first kappa shape index (κ1) is 16.5. The average Bonchev–Trinajstić information content (AvgIpc) is 2.90.